The van der Waals surface area contributed by atoms with Crippen LogP contribution in [-0.4, -0.2) is 67.5 Å². The summed E-state index contributed by atoms with van der Waals surface area (Å²) in [6, 6.07) is 12.0. The lowest BCUT2D eigenvalue weighted by Crippen LogP contribution is -2.47. The third kappa shape index (κ3) is 4.31. The maximum Gasteiger partial charge on any atom is 0.289 e. The molecule has 1 fully saturated rings. The molecule has 1 aliphatic heterocycles. The SMILES string of the molecule is CN(C)C(=O)c1cc2c(Br)ccc(N3CCN(CCc4ccccn4)CC3)c2o1. The highest BCUT2D eigenvalue weighted by Crippen LogP contribution is 2.35. The van der Waals surface area contributed by atoms with Gasteiger partial charge in [-0.2, -0.15) is 0 Å². The van der Waals surface area contributed by atoms with Crippen molar-refractivity contribution >= 4 is 38.5 Å². The topological polar surface area (TPSA) is 52.8 Å². The van der Waals surface area contributed by atoms with E-state index in [4.69, 9.17) is 4.42 Å². The summed E-state index contributed by atoms with van der Waals surface area (Å²) in [7, 11) is 3.46. The first-order valence-electron chi connectivity index (χ1n) is 9.84. The van der Waals surface area contributed by atoms with Crippen LogP contribution in [0.15, 0.2) is 51.5 Å². The number of piperazine rings is 1. The van der Waals surface area contributed by atoms with E-state index >= 15 is 0 Å². The summed E-state index contributed by atoms with van der Waals surface area (Å²) >= 11 is 3.59. The van der Waals surface area contributed by atoms with Crippen molar-refractivity contribution in [2.24, 2.45) is 0 Å². The lowest BCUT2D eigenvalue weighted by atomic mass is 10.2. The molecular formula is C22H25BrN4O2. The second kappa shape index (κ2) is 8.55. The average molecular weight is 457 g/mol. The summed E-state index contributed by atoms with van der Waals surface area (Å²) in [5.41, 5.74) is 2.95. The Labute approximate surface area is 179 Å². The van der Waals surface area contributed by atoms with Crippen LogP contribution in [0.1, 0.15) is 16.2 Å². The Morgan fingerprint density at radius 1 is 1.17 bits per heavy atom. The Morgan fingerprint density at radius 2 is 1.97 bits per heavy atom. The molecule has 6 nitrogen and oxygen atoms in total. The Balaban J connectivity index is 1.46. The summed E-state index contributed by atoms with van der Waals surface area (Å²) in [4.78, 5) is 23.1. The Morgan fingerprint density at radius 3 is 2.66 bits per heavy atom. The van der Waals surface area contributed by atoms with Gasteiger partial charge in [-0.1, -0.05) is 22.0 Å². The zero-order valence-electron chi connectivity index (χ0n) is 16.8. The number of benzene rings is 1. The van der Waals surface area contributed by atoms with Gasteiger partial charge in [0.1, 0.15) is 0 Å². The third-order valence-electron chi connectivity index (χ3n) is 5.35. The minimum atomic E-state index is -0.126. The number of pyridine rings is 1. The number of aromatic nitrogens is 1. The van der Waals surface area contributed by atoms with Gasteiger partial charge < -0.3 is 14.2 Å². The lowest BCUT2D eigenvalue weighted by Gasteiger charge is -2.36. The molecule has 1 amide bonds. The molecule has 0 radical (unpaired) electrons. The van der Waals surface area contributed by atoms with Gasteiger partial charge in [0.05, 0.1) is 5.69 Å². The summed E-state index contributed by atoms with van der Waals surface area (Å²) in [6.07, 6.45) is 2.82. The highest BCUT2D eigenvalue weighted by atomic mass is 79.9. The predicted octanol–water partition coefficient (Wildman–Crippen LogP) is 3.66. The van der Waals surface area contributed by atoms with Crippen molar-refractivity contribution in [1.82, 2.24) is 14.8 Å². The molecule has 3 aromatic rings. The monoisotopic (exact) mass is 456 g/mol. The van der Waals surface area contributed by atoms with E-state index in [-0.39, 0.29) is 5.91 Å². The number of anilines is 1. The van der Waals surface area contributed by atoms with Crippen molar-refractivity contribution in [1.29, 1.82) is 0 Å². The first kappa shape index (κ1) is 19.9. The van der Waals surface area contributed by atoms with Crippen LogP contribution in [0.4, 0.5) is 5.69 Å². The van der Waals surface area contributed by atoms with Crippen molar-refractivity contribution < 1.29 is 9.21 Å². The molecule has 152 valence electrons. The van der Waals surface area contributed by atoms with Crippen LogP contribution < -0.4 is 4.90 Å². The highest BCUT2D eigenvalue weighted by Gasteiger charge is 2.23. The van der Waals surface area contributed by atoms with Gasteiger partial charge in [0, 0.05) is 75.0 Å². The quantitative estimate of drug-likeness (QED) is 0.586. The number of halogens is 1. The molecule has 1 aromatic carbocycles. The van der Waals surface area contributed by atoms with Crippen LogP contribution in [-0.2, 0) is 6.42 Å². The molecule has 2 aromatic heterocycles. The molecule has 4 rings (SSSR count). The highest BCUT2D eigenvalue weighted by molar-refractivity contribution is 9.10. The second-order valence-corrected chi connectivity index (χ2v) is 8.37. The van der Waals surface area contributed by atoms with E-state index in [1.807, 2.05) is 30.5 Å². The third-order valence-corrected chi connectivity index (χ3v) is 6.04. The molecule has 0 spiro atoms. The van der Waals surface area contributed by atoms with Gasteiger partial charge in [-0.05, 0) is 30.3 Å². The molecule has 7 heteroatoms. The molecule has 0 saturated carbocycles. The van der Waals surface area contributed by atoms with Gasteiger partial charge in [-0.25, -0.2) is 0 Å². The van der Waals surface area contributed by atoms with E-state index < -0.39 is 0 Å². The van der Waals surface area contributed by atoms with Gasteiger partial charge in [0.15, 0.2) is 11.3 Å². The minimum Gasteiger partial charge on any atom is -0.449 e. The Hall–Kier alpha value is -2.38. The van der Waals surface area contributed by atoms with Crippen LogP contribution in [0.25, 0.3) is 11.0 Å². The molecule has 1 saturated heterocycles. The van der Waals surface area contributed by atoms with E-state index in [9.17, 15) is 4.79 Å². The number of furan rings is 1. The van der Waals surface area contributed by atoms with Gasteiger partial charge in [-0.15, -0.1) is 0 Å². The maximum atomic E-state index is 12.3. The fourth-order valence-electron chi connectivity index (χ4n) is 3.68. The predicted molar refractivity (Wildman–Crippen MR) is 119 cm³/mol. The number of carbonyl (C=O) groups is 1. The van der Waals surface area contributed by atoms with E-state index in [2.05, 4.69) is 42.8 Å². The fourth-order valence-corrected chi connectivity index (χ4v) is 4.11. The number of rotatable bonds is 5. The van der Waals surface area contributed by atoms with Crippen molar-refractivity contribution in [3.8, 4) is 0 Å². The molecule has 0 aliphatic carbocycles. The first-order valence-corrected chi connectivity index (χ1v) is 10.6. The number of fused-ring (bicyclic) bond motifs is 1. The summed E-state index contributed by atoms with van der Waals surface area (Å²) < 4.78 is 6.94. The average Bonchev–Trinajstić information content (AvgIpc) is 3.19. The Bertz CT molecular complexity index is 995. The van der Waals surface area contributed by atoms with Crippen LogP contribution in [0.3, 0.4) is 0 Å². The molecular weight excluding hydrogens is 432 g/mol. The number of hydrogen-bond donors (Lipinski definition) is 0. The zero-order chi connectivity index (χ0) is 20.4. The van der Waals surface area contributed by atoms with E-state index in [1.165, 1.54) is 4.90 Å². The smallest absolute Gasteiger partial charge is 0.289 e. The number of carbonyl (C=O) groups excluding carboxylic acids is 1. The van der Waals surface area contributed by atoms with E-state index in [0.717, 1.165) is 66.0 Å². The fraction of sp³-hybridized carbons (Fsp3) is 0.364. The first-order chi connectivity index (χ1) is 14.0. The van der Waals surface area contributed by atoms with Crippen LogP contribution in [0.2, 0.25) is 0 Å². The summed E-state index contributed by atoms with van der Waals surface area (Å²) in [5, 5.41) is 0.935. The lowest BCUT2D eigenvalue weighted by molar-refractivity contribution is 0.0799. The minimum absolute atomic E-state index is 0.126. The maximum absolute atomic E-state index is 12.3. The normalized spacial score (nSPS) is 15.1. The van der Waals surface area contributed by atoms with Crippen molar-refractivity contribution in [3.63, 3.8) is 0 Å². The number of nitrogens with zero attached hydrogens (tertiary/aromatic N) is 4. The molecule has 0 N–H and O–H groups in total. The van der Waals surface area contributed by atoms with Crippen LogP contribution in [0, 0.1) is 0 Å². The number of hydrogen-bond acceptors (Lipinski definition) is 5. The van der Waals surface area contributed by atoms with Crippen molar-refractivity contribution in [2.75, 3.05) is 51.7 Å². The van der Waals surface area contributed by atoms with Crippen LogP contribution >= 0.6 is 15.9 Å². The van der Waals surface area contributed by atoms with Gasteiger partial charge in [-0.3, -0.25) is 14.7 Å². The van der Waals surface area contributed by atoms with Gasteiger partial charge in [0.2, 0.25) is 0 Å². The van der Waals surface area contributed by atoms with Crippen molar-refractivity contribution in [2.45, 2.75) is 6.42 Å². The molecule has 3 heterocycles. The largest absolute Gasteiger partial charge is 0.449 e. The standard InChI is InChI=1S/C22H25BrN4O2/c1-25(2)22(28)20-15-17-18(23)6-7-19(21(17)29-20)27-13-11-26(12-14-27)10-8-16-5-3-4-9-24-16/h3-7,9,15H,8,10-14H2,1-2H3. The molecule has 1 aliphatic rings. The molecule has 29 heavy (non-hydrogen) atoms. The van der Waals surface area contributed by atoms with Crippen LogP contribution in [0.5, 0.6) is 0 Å². The second-order valence-electron chi connectivity index (χ2n) is 7.52. The Kier molecular flexibility index (Phi) is 5.87. The van der Waals surface area contributed by atoms with Crippen molar-refractivity contribution in [3.05, 3.63) is 58.5 Å². The molecule has 0 bridgehead atoms. The van der Waals surface area contributed by atoms with Gasteiger partial charge in [0.25, 0.3) is 5.91 Å². The molecule has 0 unspecified atom stereocenters. The summed E-state index contributed by atoms with van der Waals surface area (Å²) in [6.45, 7) is 4.86. The number of amides is 1. The zero-order valence-corrected chi connectivity index (χ0v) is 18.4. The summed E-state index contributed by atoms with van der Waals surface area (Å²) in [5.74, 6) is 0.241. The van der Waals surface area contributed by atoms with E-state index in [0.29, 0.717) is 5.76 Å². The molecule has 0 atom stereocenters. The van der Waals surface area contributed by atoms with E-state index in [1.54, 1.807) is 14.1 Å². The van der Waals surface area contributed by atoms with Gasteiger partial charge >= 0.3 is 0 Å².